The molecule has 8 heteroatoms. The molecule has 0 saturated carbocycles. The van der Waals surface area contributed by atoms with E-state index in [1.165, 1.54) is 11.8 Å². The Kier molecular flexibility index (Phi) is 6.12. The number of rotatable bonds is 6. The number of aromatic amines is 1. The Labute approximate surface area is 173 Å². The number of thioether (sulfide) groups is 1. The lowest BCUT2D eigenvalue weighted by Crippen LogP contribution is -2.42. The first kappa shape index (κ1) is 19.5. The van der Waals surface area contributed by atoms with E-state index in [1.54, 1.807) is 7.11 Å². The highest BCUT2D eigenvalue weighted by molar-refractivity contribution is 8.00. The fraction of sp³-hybridized carbons (Fsp3) is 0.286. The average molecular weight is 410 g/mol. The van der Waals surface area contributed by atoms with E-state index in [0.29, 0.717) is 37.3 Å². The van der Waals surface area contributed by atoms with Crippen molar-refractivity contribution in [3.8, 4) is 17.1 Å². The molecular weight excluding hydrogens is 388 g/mol. The second-order valence-corrected chi connectivity index (χ2v) is 7.61. The average Bonchev–Trinajstić information content (AvgIpc) is 3.27. The lowest BCUT2D eigenvalue weighted by Gasteiger charge is -2.30. The number of hydrogen-bond acceptors (Lipinski definition) is 6. The van der Waals surface area contributed by atoms with Gasteiger partial charge in [0.15, 0.2) is 5.82 Å². The quantitative estimate of drug-likeness (QED) is 0.629. The fourth-order valence-electron chi connectivity index (χ4n) is 3.12. The van der Waals surface area contributed by atoms with Crippen LogP contribution in [0, 0.1) is 0 Å². The molecule has 1 N–H and O–H groups in total. The number of aromatic nitrogens is 3. The van der Waals surface area contributed by atoms with Crippen molar-refractivity contribution in [2.45, 2.75) is 10.4 Å². The number of ether oxygens (including phenoxy) is 2. The lowest BCUT2D eigenvalue weighted by atomic mass is 10.1. The molecule has 150 valence electrons. The van der Waals surface area contributed by atoms with Crippen molar-refractivity contribution in [3.63, 3.8) is 0 Å². The summed E-state index contributed by atoms with van der Waals surface area (Å²) < 4.78 is 10.6. The van der Waals surface area contributed by atoms with Gasteiger partial charge in [-0.2, -0.15) is 0 Å². The molecule has 0 bridgehead atoms. The van der Waals surface area contributed by atoms with Crippen LogP contribution in [0.1, 0.15) is 10.8 Å². The van der Waals surface area contributed by atoms with Crippen molar-refractivity contribution in [1.82, 2.24) is 20.1 Å². The number of carbonyl (C=O) groups excluding carboxylic acids is 1. The van der Waals surface area contributed by atoms with Gasteiger partial charge in [0.2, 0.25) is 11.1 Å². The van der Waals surface area contributed by atoms with Gasteiger partial charge in [-0.3, -0.25) is 9.89 Å². The SMILES string of the molecule is COc1ccc(-c2nc(S[C@@H](C(=O)N3CCOCC3)c3ccccc3)n[nH]2)cc1. The minimum atomic E-state index is -0.409. The van der Waals surface area contributed by atoms with Crippen molar-refractivity contribution in [2.75, 3.05) is 33.4 Å². The van der Waals surface area contributed by atoms with Crippen molar-refractivity contribution in [1.29, 1.82) is 0 Å². The molecule has 0 aliphatic carbocycles. The summed E-state index contributed by atoms with van der Waals surface area (Å²) in [5.74, 6) is 1.49. The third-order valence-corrected chi connectivity index (χ3v) is 5.80. The number of hydrogen-bond donors (Lipinski definition) is 1. The van der Waals surface area contributed by atoms with Gasteiger partial charge in [-0.15, -0.1) is 5.10 Å². The molecule has 3 aromatic rings. The maximum atomic E-state index is 13.2. The lowest BCUT2D eigenvalue weighted by molar-refractivity contribution is -0.134. The van der Waals surface area contributed by atoms with Crippen molar-refractivity contribution in [3.05, 3.63) is 60.2 Å². The molecule has 29 heavy (non-hydrogen) atoms. The Bertz CT molecular complexity index is 940. The second-order valence-electron chi connectivity index (χ2n) is 6.54. The van der Waals surface area contributed by atoms with Crippen LogP contribution >= 0.6 is 11.8 Å². The van der Waals surface area contributed by atoms with Crippen LogP contribution in [-0.4, -0.2) is 59.4 Å². The fourth-order valence-corrected chi connectivity index (χ4v) is 4.12. The van der Waals surface area contributed by atoms with Gasteiger partial charge in [0.1, 0.15) is 11.0 Å². The van der Waals surface area contributed by atoms with Crippen LogP contribution in [0.4, 0.5) is 0 Å². The summed E-state index contributed by atoms with van der Waals surface area (Å²) >= 11 is 1.36. The minimum Gasteiger partial charge on any atom is -0.497 e. The molecule has 4 rings (SSSR count). The van der Waals surface area contributed by atoms with Crippen LogP contribution in [0.25, 0.3) is 11.4 Å². The number of methoxy groups -OCH3 is 1. The van der Waals surface area contributed by atoms with E-state index in [0.717, 1.165) is 16.9 Å². The van der Waals surface area contributed by atoms with Gasteiger partial charge in [0.25, 0.3) is 0 Å². The van der Waals surface area contributed by atoms with Crippen LogP contribution in [-0.2, 0) is 9.53 Å². The molecular formula is C21H22N4O3S. The van der Waals surface area contributed by atoms with Gasteiger partial charge < -0.3 is 14.4 Å². The largest absolute Gasteiger partial charge is 0.497 e. The molecule has 0 unspecified atom stereocenters. The predicted octanol–water partition coefficient (Wildman–Crippen LogP) is 3.17. The van der Waals surface area contributed by atoms with Crippen LogP contribution in [0.5, 0.6) is 5.75 Å². The number of carbonyl (C=O) groups is 1. The van der Waals surface area contributed by atoms with Crippen LogP contribution in [0.15, 0.2) is 59.8 Å². The van der Waals surface area contributed by atoms with Gasteiger partial charge in [-0.1, -0.05) is 42.1 Å². The summed E-state index contributed by atoms with van der Waals surface area (Å²) in [4.78, 5) is 19.7. The Morgan fingerprint density at radius 2 is 1.86 bits per heavy atom. The molecule has 0 spiro atoms. The highest BCUT2D eigenvalue weighted by Gasteiger charge is 2.29. The summed E-state index contributed by atoms with van der Waals surface area (Å²) in [6, 6.07) is 17.3. The predicted molar refractivity (Wildman–Crippen MR) is 111 cm³/mol. The monoisotopic (exact) mass is 410 g/mol. The summed E-state index contributed by atoms with van der Waals surface area (Å²) in [5, 5.41) is 7.42. The van der Waals surface area contributed by atoms with E-state index < -0.39 is 5.25 Å². The Morgan fingerprint density at radius 3 is 2.55 bits per heavy atom. The summed E-state index contributed by atoms with van der Waals surface area (Å²) in [5.41, 5.74) is 1.84. The summed E-state index contributed by atoms with van der Waals surface area (Å²) in [6.45, 7) is 2.35. The topological polar surface area (TPSA) is 80.3 Å². The van der Waals surface area contributed by atoms with Gasteiger partial charge in [-0.05, 0) is 29.8 Å². The summed E-state index contributed by atoms with van der Waals surface area (Å²) in [6.07, 6.45) is 0. The van der Waals surface area contributed by atoms with Crippen LogP contribution in [0.3, 0.4) is 0 Å². The maximum absolute atomic E-state index is 13.2. The number of H-pyrrole nitrogens is 1. The van der Waals surface area contributed by atoms with Gasteiger partial charge >= 0.3 is 0 Å². The Hall–Kier alpha value is -2.84. The summed E-state index contributed by atoms with van der Waals surface area (Å²) in [7, 11) is 1.63. The highest BCUT2D eigenvalue weighted by Crippen LogP contribution is 2.36. The number of nitrogens with one attached hydrogen (secondary N) is 1. The third-order valence-electron chi connectivity index (χ3n) is 4.70. The number of benzene rings is 2. The first-order valence-electron chi connectivity index (χ1n) is 9.39. The van der Waals surface area contributed by atoms with E-state index >= 15 is 0 Å². The molecule has 1 aliphatic rings. The minimum absolute atomic E-state index is 0.0558. The molecule has 0 radical (unpaired) electrons. The van der Waals surface area contributed by atoms with Gasteiger partial charge in [0, 0.05) is 18.7 Å². The number of morpholine rings is 1. The molecule has 1 amide bonds. The van der Waals surface area contributed by atoms with Gasteiger partial charge in [0.05, 0.1) is 20.3 Å². The normalized spacial score (nSPS) is 15.1. The van der Waals surface area contributed by atoms with E-state index in [4.69, 9.17) is 9.47 Å². The first-order chi connectivity index (χ1) is 14.2. The molecule has 1 atom stereocenters. The molecule has 2 aromatic carbocycles. The van der Waals surface area contributed by atoms with E-state index in [-0.39, 0.29) is 5.91 Å². The van der Waals surface area contributed by atoms with E-state index in [2.05, 4.69) is 15.2 Å². The molecule has 1 aromatic heterocycles. The van der Waals surface area contributed by atoms with Gasteiger partial charge in [-0.25, -0.2) is 4.98 Å². The van der Waals surface area contributed by atoms with Crippen LogP contribution < -0.4 is 4.74 Å². The van der Waals surface area contributed by atoms with Crippen molar-refractivity contribution in [2.24, 2.45) is 0 Å². The zero-order valence-electron chi connectivity index (χ0n) is 16.1. The first-order valence-corrected chi connectivity index (χ1v) is 10.3. The molecule has 7 nitrogen and oxygen atoms in total. The Balaban J connectivity index is 1.56. The maximum Gasteiger partial charge on any atom is 0.240 e. The van der Waals surface area contributed by atoms with Crippen molar-refractivity contribution >= 4 is 17.7 Å². The third kappa shape index (κ3) is 4.60. The highest BCUT2D eigenvalue weighted by atomic mass is 32.2. The standard InChI is InChI=1S/C21H22N4O3S/c1-27-17-9-7-16(8-10-17)19-22-21(24-23-19)29-18(15-5-3-2-4-6-15)20(26)25-11-13-28-14-12-25/h2-10,18H,11-14H2,1H3,(H,22,23,24)/t18-/m1/s1. The molecule has 1 saturated heterocycles. The molecule has 2 heterocycles. The molecule has 1 fully saturated rings. The second kappa shape index (κ2) is 9.11. The van der Waals surface area contributed by atoms with E-state index in [1.807, 2.05) is 59.5 Å². The number of amides is 1. The zero-order valence-corrected chi connectivity index (χ0v) is 16.9. The van der Waals surface area contributed by atoms with E-state index in [9.17, 15) is 4.79 Å². The number of nitrogens with zero attached hydrogens (tertiary/aromatic N) is 3. The molecule has 1 aliphatic heterocycles. The Morgan fingerprint density at radius 1 is 1.14 bits per heavy atom. The van der Waals surface area contributed by atoms with Crippen LogP contribution in [0.2, 0.25) is 0 Å². The smallest absolute Gasteiger partial charge is 0.240 e. The zero-order chi connectivity index (χ0) is 20.1. The van der Waals surface area contributed by atoms with Crippen molar-refractivity contribution < 1.29 is 14.3 Å².